The van der Waals surface area contributed by atoms with Gasteiger partial charge in [-0.05, 0) is 20.3 Å². The molecular formula is C11H20N4O2S. The average molecular weight is 272 g/mol. The van der Waals surface area contributed by atoms with Crippen molar-refractivity contribution in [1.29, 1.82) is 0 Å². The molecule has 1 aliphatic rings. The van der Waals surface area contributed by atoms with Crippen LogP contribution < -0.4 is 5.32 Å². The van der Waals surface area contributed by atoms with Gasteiger partial charge >= 0.3 is 0 Å². The molecule has 0 radical (unpaired) electrons. The predicted molar refractivity (Wildman–Crippen MR) is 68.9 cm³/mol. The zero-order chi connectivity index (χ0) is 13.3. The third-order valence-electron chi connectivity index (χ3n) is 3.24. The number of rotatable bonds is 5. The van der Waals surface area contributed by atoms with Crippen LogP contribution in [0.25, 0.3) is 0 Å². The Morgan fingerprint density at radius 2 is 2.06 bits per heavy atom. The minimum atomic E-state index is -3.44. The van der Waals surface area contributed by atoms with Crippen LogP contribution in [0, 0.1) is 13.8 Å². The van der Waals surface area contributed by atoms with Crippen LogP contribution in [-0.2, 0) is 10.0 Å². The van der Waals surface area contributed by atoms with Crippen LogP contribution >= 0.6 is 0 Å². The number of nitrogens with zero attached hydrogens (tertiary/aromatic N) is 2. The number of aromatic nitrogens is 2. The predicted octanol–water partition coefficient (Wildman–Crippen LogP) is 0.399. The Balaban J connectivity index is 2.38. The van der Waals surface area contributed by atoms with Crippen LogP contribution in [0.4, 0.5) is 0 Å². The summed E-state index contributed by atoms with van der Waals surface area (Å²) in [5.74, 6) is 0. The van der Waals surface area contributed by atoms with Crippen molar-refractivity contribution in [2.24, 2.45) is 0 Å². The fourth-order valence-electron chi connectivity index (χ4n) is 2.23. The Morgan fingerprint density at radius 3 is 2.44 bits per heavy atom. The molecule has 0 aliphatic carbocycles. The second-order valence-corrected chi connectivity index (χ2v) is 6.52. The van der Waals surface area contributed by atoms with Crippen LogP contribution in [0.2, 0.25) is 0 Å². The molecule has 0 aromatic carbocycles. The first-order valence-corrected chi connectivity index (χ1v) is 7.66. The van der Waals surface area contributed by atoms with E-state index in [0.717, 1.165) is 19.5 Å². The molecule has 0 bridgehead atoms. The fraction of sp³-hybridized carbons (Fsp3) is 0.727. The van der Waals surface area contributed by atoms with Gasteiger partial charge in [0.2, 0.25) is 10.0 Å². The molecule has 1 aromatic heterocycles. The smallest absolute Gasteiger partial charge is 0.247 e. The molecule has 2 N–H and O–H groups in total. The van der Waals surface area contributed by atoms with Gasteiger partial charge in [-0.25, -0.2) is 8.42 Å². The Morgan fingerprint density at radius 1 is 1.39 bits per heavy atom. The van der Waals surface area contributed by atoms with Gasteiger partial charge in [-0.15, -0.1) is 0 Å². The molecule has 7 heteroatoms. The highest BCUT2D eigenvalue weighted by Gasteiger charge is 2.36. The summed E-state index contributed by atoms with van der Waals surface area (Å²) in [5, 5.41) is 9.84. The highest BCUT2D eigenvalue weighted by Crippen LogP contribution is 2.24. The molecule has 18 heavy (non-hydrogen) atoms. The van der Waals surface area contributed by atoms with Crippen LogP contribution in [0.1, 0.15) is 24.7 Å². The summed E-state index contributed by atoms with van der Waals surface area (Å²) in [4.78, 5) is 0.336. The van der Waals surface area contributed by atoms with Crippen molar-refractivity contribution in [1.82, 2.24) is 19.8 Å². The van der Waals surface area contributed by atoms with Crippen LogP contribution in [0.15, 0.2) is 4.90 Å². The topological polar surface area (TPSA) is 78.1 Å². The number of sulfonamides is 1. The van der Waals surface area contributed by atoms with Gasteiger partial charge in [-0.1, -0.05) is 6.92 Å². The molecule has 1 saturated heterocycles. The first-order valence-electron chi connectivity index (χ1n) is 6.22. The van der Waals surface area contributed by atoms with E-state index < -0.39 is 10.0 Å². The Bertz CT molecular complexity index is 500. The molecule has 1 aliphatic heterocycles. The zero-order valence-corrected chi connectivity index (χ0v) is 11.8. The number of hydrogen-bond donors (Lipinski definition) is 2. The monoisotopic (exact) mass is 272 g/mol. The largest absolute Gasteiger partial charge is 0.313 e. The summed E-state index contributed by atoms with van der Waals surface area (Å²) >= 11 is 0. The summed E-state index contributed by atoms with van der Waals surface area (Å²) in [7, 11) is -3.44. The maximum absolute atomic E-state index is 12.7. The molecule has 6 nitrogen and oxygen atoms in total. The molecule has 0 atom stereocenters. The van der Waals surface area contributed by atoms with Gasteiger partial charge in [0.15, 0.2) is 0 Å². The quantitative estimate of drug-likeness (QED) is 0.813. The molecule has 1 fully saturated rings. The number of nitrogens with one attached hydrogen (secondary N) is 2. The molecular weight excluding hydrogens is 252 g/mol. The number of aromatic amines is 1. The lowest BCUT2D eigenvalue weighted by Crippen LogP contribution is -2.58. The van der Waals surface area contributed by atoms with Crippen LogP contribution in [0.3, 0.4) is 0 Å². The van der Waals surface area contributed by atoms with Gasteiger partial charge in [-0.3, -0.25) is 5.10 Å². The second-order valence-electron chi connectivity index (χ2n) is 4.69. The molecule has 102 valence electrons. The van der Waals surface area contributed by atoms with Crippen molar-refractivity contribution in [2.75, 3.05) is 19.6 Å². The maximum atomic E-state index is 12.7. The lowest BCUT2D eigenvalue weighted by Gasteiger charge is -2.37. The van der Waals surface area contributed by atoms with Gasteiger partial charge in [0.25, 0.3) is 0 Å². The Hall–Kier alpha value is -0.920. The summed E-state index contributed by atoms with van der Waals surface area (Å²) in [6.45, 7) is 7.47. The third kappa shape index (κ3) is 2.17. The van der Waals surface area contributed by atoms with Crippen LogP contribution in [0.5, 0.6) is 0 Å². The van der Waals surface area contributed by atoms with E-state index in [-0.39, 0.29) is 6.04 Å². The van der Waals surface area contributed by atoms with Crippen molar-refractivity contribution in [3.63, 3.8) is 0 Å². The average Bonchev–Trinajstić information content (AvgIpc) is 2.55. The van der Waals surface area contributed by atoms with Gasteiger partial charge in [-0.2, -0.15) is 9.40 Å². The first-order chi connectivity index (χ1) is 8.48. The van der Waals surface area contributed by atoms with Crippen LogP contribution in [-0.4, -0.2) is 48.6 Å². The highest BCUT2D eigenvalue weighted by atomic mass is 32.2. The van der Waals surface area contributed by atoms with Gasteiger partial charge in [0.1, 0.15) is 4.90 Å². The fourth-order valence-corrected chi connectivity index (χ4v) is 4.28. The van der Waals surface area contributed by atoms with E-state index >= 15 is 0 Å². The molecule has 0 amide bonds. The Kier molecular flexibility index (Phi) is 3.74. The molecule has 2 heterocycles. The lowest BCUT2D eigenvalue weighted by atomic mass is 10.2. The molecule has 2 rings (SSSR count). The van der Waals surface area contributed by atoms with Gasteiger partial charge < -0.3 is 5.32 Å². The van der Waals surface area contributed by atoms with Gasteiger partial charge in [0, 0.05) is 19.6 Å². The van der Waals surface area contributed by atoms with E-state index in [1.807, 2.05) is 6.92 Å². The molecule has 0 saturated carbocycles. The van der Waals surface area contributed by atoms with Gasteiger partial charge in [0.05, 0.1) is 17.4 Å². The highest BCUT2D eigenvalue weighted by molar-refractivity contribution is 7.89. The van der Waals surface area contributed by atoms with E-state index in [2.05, 4.69) is 15.5 Å². The van der Waals surface area contributed by atoms with Crippen molar-refractivity contribution in [3.05, 3.63) is 11.4 Å². The third-order valence-corrected chi connectivity index (χ3v) is 5.45. The minimum Gasteiger partial charge on any atom is -0.313 e. The maximum Gasteiger partial charge on any atom is 0.247 e. The summed E-state index contributed by atoms with van der Waals surface area (Å²) < 4.78 is 27.0. The SMILES string of the molecule is CCCN(C1CNC1)S(=O)(=O)c1c(C)n[nH]c1C. The summed E-state index contributed by atoms with van der Waals surface area (Å²) in [6, 6.07) is 0.0728. The van der Waals surface area contributed by atoms with Crippen molar-refractivity contribution in [2.45, 2.75) is 38.1 Å². The normalized spacial score (nSPS) is 17.1. The van der Waals surface area contributed by atoms with Crippen molar-refractivity contribution >= 4 is 10.0 Å². The summed E-state index contributed by atoms with van der Waals surface area (Å²) in [5.41, 5.74) is 1.15. The minimum absolute atomic E-state index is 0.0728. The van der Waals surface area contributed by atoms with E-state index in [0.29, 0.717) is 22.8 Å². The number of hydrogen-bond acceptors (Lipinski definition) is 4. The van der Waals surface area contributed by atoms with E-state index in [1.54, 1.807) is 18.2 Å². The number of aryl methyl sites for hydroxylation is 2. The van der Waals surface area contributed by atoms with Crippen molar-refractivity contribution in [3.8, 4) is 0 Å². The molecule has 1 aromatic rings. The lowest BCUT2D eigenvalue weighted by molar-refractivity contribution is 0.241. The Labute approximate surface area is 108 Å². The molecule has 0 unspecified atom stereocenters. The first kappa shape index (κ1) is 13.5. The van der Waals surface area contributed by atoms with Crippen molar-refractivity contribution < 1.29 is 8.42 Å². The zero-order valence-electron chi connectivity index (χ0n) is 11.0. The summed E-state index contributed by atoms with van der Waals surface area (Å²) in [6.07, 6.45) is 0.811. The molecule has 0 spiro atoms. The van der Waals surface area contributed by atoms with E-state index in [9.17, 15) is 8.42 Å². The van der Waals surface area contributed by atoms with E-state index in [4.69, 9.17) is 0 Å². The number of H-pyrrole nitrogens is 1. The van der Waals surface area contributed by atoms with E-state index in [1.165, 1.54) is 0 Å². The second kappa shape index (κ2) is 4.99. The standard InChI is InChI=1S/C11H20N4O2S/c1-4-5-15(10-6-12-7-10)18(16,17)11-8(2)13-14-9(11)3/h10,12H,4-7H2,1-3H3,(H,13,14).